The SMILES string of the molecule is CN(CC(=O)N1CCCCC1Cc1ccccc1)C(=O)c1ccco1. The van der Waals surface area contributed by atoms with Crippen LogP contribution in [0, 0.1) is 0 Å². The molecule has 0 N–H and O–H groups in total. The van der Waals surface area contributed by atoms with Crippen LogP contribution in [0.4, 0.5) is 0 Å². The van der Waals surface area contributed by atoms with Gasteiger partial charge in [0.25, 0.3) is 5.91 Å². The summed E-state index contributed by atoms with van der Waals surface area (Å²) >= 11 is 0. The number of piperidine rings is 1. The smallest absolute Gasteiger partial charge is 0.289 e. The Balaban J connectivity index is 1.63. The number of nitrogens with zero attached hydrogens (tertiary/aromatic N) is 2. The molecule has 0 aliphatic carbocycles. The van der Waals surface area contributed by atoms with Gasteiger partial charge in [0.1, 0.15) is 0 Å². The molecule has 1 aliphatic heterocycles. The average Bonchev–Trinajstić information content (AvgIpc) is 3.17. The molecule has 2 aromatic rings. The number of hydrogen-bond acceptors (Lipinski definition) is 3. The van der Waals surface area contributed by atoms with E-state index in [1.54, 1.807) is 19.2 Å². The Kier molecular flexibility index (Phi) is 5.53. The van der Waals surface area contributed by atoms with Gasteiger partial charge in [-0.05, 0) is 43.4 Å². The number of furan rings is 1. The lowest BCUT2D eigenvalue weighted by Crippen LogP contribution is -2.49. The molecule has 132 valence electrons. The number of hydrogen-bond donors (Lipinski definition) is 0. The van der Waals surface area contributed by atoms with Crippen LogP contribution in [0.2, 0.25) is 0 Å². The van der Waals surface area contributed by atoms with Gasteiger partial charge in [-0.2, -0.15) is 0 Å². The van der Waals surface area contributed by atoms with Crippen molar-refractivity contribution in [1.82, 2.24) is 9.80 Å². The molecule has 2 amide bonds. The zero-order valence-corrected chi connectivity index (χ0v) is 14.6. The fraction of sp³-hybridized carbons (Fsp3) is 0.400. The zero-order valence-electron chi connectivity index (χ0n) is 14.6. The summed E-state index contributed by atoms with van der Waals surface area (Å²) in [6, 6.07) is 13.7. The third-order valence-corrected chi connectivity index (χ3v) is 4.71. The van der Waals surface area contributed by atoms with Crippen LogP contribution >= 0.6 is 0 Å². The Hall–Kier alpha value is -2.56. The van der Waals surface area contributed by atoms with Crippen molar-refractivity contribution in [3.8, 4) is 0 Å². The second kappa shape index (κ2) is 8.01. The van der Waals surface area contributed by atoms with Gasteiger partial charge < -0.3 is 14.2 Å². The summed E-state index contributed by atoms with van der Waals surface area (Å²) in [5.74, 6) is -0.00668. The van der Waals surface area contributed by atoms with Crippen LogP contribution in [0.25, 0.3) is 0 Å². The van der Waals surface area contributed by atoms with Crippen LogP contribution in [0.3, 0.4) is 0 Å². The molecular weight excluding hydrogens is 316 g/mol. The Labute approximate surface area is 148 Å². The second-order valence-electron chi connectivity index (χ2n) is 6.56. The van der Waals surface area contributed by atoms with E-state index in [1.807, 2.05) is 23.1 Å². The van der Waals surface area contributed by atoms with Crippen LogP contribution in [0.5, 0.6) is 0 Å². The van der Waals surface area contributed by atoms with Crippen molar-refractivity contribution in [2.24, 2.45) is 0 Å². The van der Waals surface area contributed by atoms with Gasteiger partial charge in [-0.25, -0.2) is 0 Å². The van der Waals surface area contributed by atoms with E-state index in [4.69, 9.17) is 4.42 Å². The first-order valence-electron chi connectivity index (χ1n) is 8.77. The van der Waals surface area contributed by atoms with E-state index < -0.39 is 0 Å². The molecular formula is C20H24N2O3. The summed E-state index contributed by atoms with van der Waals surface area (Å²) < 4.78 is 5.13. The molecule has 2 heterocycles. The van der Waals surface area contributed by atoms with E-state index >= 15 is 0 Å². The molecule has 1 fully saturated rings. The molecule has 1 atom stereocenters. The normalized spacial score (nSPS) is 17.3. The molecule has 5 heteroatoms. The van der Waals surface area contributed by atoms with E-state index in [-0.39, 0.29) is 30.2 Å². The summed E-state index contributed by atoms with van der Waals surface area (Å²) in [7, 11) is 1.64. The van der Waals surface area contributed by atoms with Gasteiger partial charge in [0, 0.05) is 19.6 Å². The molecule has 0 spiro atoms. The molecule has 1 aliphatic rings. The molecule has 0 radical (unpaired) electrons. The standard InChI is InChI=1S/C20H24N2O3/c1-21(20(24)18-11-7-13-25-18)15-19(23)22-12-6-5-10-17(22)14-16-8-3-2-4-9-16/h2-4,7-9,11,13,17H,5-6,10,12,14-15H2,1H3. The van der Waals surface area contributed by atoms with Crippen LogP contribution in [-0.2, 0) is 11.2 Å². The van der Waals surface area contributed by atoms with Crippen molar-refractivity contribution in [2.75, 3.05) is 20.1 Å². The highest BCUT2D eigenvalue weighted by molar-refractivity contribution is 5.94. The number of likely N-dealkylation sites (tertiary alicyclic amines) is 1. The van der Waals surface area contributed by atoms with Crippen LogP contribution in [0.1, 0.15) is 35.4 Å². The highest BCUT2D eigenvalue weighted by Crippen LogP contribution is 2.21. The molecule has 0 saturated carbocycles. The minimum atomic E-state index is -0.269. The molecule has 1 aromatic heterocycles. The minimum Gasteiger partial charge on any atom is -0.459 e. The predicted molar refractivity (Wildman–Crippen MR) is 95.2 cm³/mol. The summed E-state index contributed by atoms with van der Waals surface area (Å²) in [6.45, 7) is 0.837. The zero-order chi connectivity index (χ0) is 17.6. The third-order valence-electron chi connectivity index (χ3n) is 4.71. The Morgan fingerprint density at radius 1 is 1.16 bits per heavy atom. The Morgan fingerprint density at radius 2 is 1.96 bits per heavy atom. The van der Waals surface area contributed by atoms with Crippen molar-refractivity contribution in [2.45, 2.75) is 31.7 Å². The molecule has 1 unspecified atom stereocenters. The summed E-state index contributed by atoms with van der Waals surface area (Å²) in [5.41, 5.74) is 1.24. The summed E-state index contributed by atoms with van der Waals surface area (Å²) in [4.78, 5) is 28.4. The second-order valence-corrected chi connectivity index (χ2v) is 6.56. The maximum absolute atomic E-state index is 12.8. The highest BCUT2D eigenvalue weighted by Gasteiger charge is 2.28. The number of likely N-dealkylation sites (N-methyl/N-ethyl adjacent to an activating group) is 1. The maximum atomic E-state index is 12.8. The van der Waals surface area contributed by atoms with E-state index in [0.717, 1.165) is 32.2 Å². The van der Waals surface area contributed by atoms with Crippen LogP contribution < -0.4 is 0 Å². The third kappa shape index (κ3) is 4.29. The Morgan fingerprint density at radius 3 is 2.68 bits per heavy atom. The molecule has 1 saturated heterocycles. The lowest BCUT2D eigenvalue weighted by atomic mass is 9.95. The van der Waals surface area contributed by atoms with Crippen LogP contribution in [0.15, 0.2) is 53.1 Å². The van der Waals surface area contributed by atoms with Gasteiger partial charge in [-0.1, -0.05) is 30.3 Å². The first-order chi connectivity index (χ1) is 12.1. The average molecular weight is 340 g/mol. The Bertz CT molecular complexity index is 697. The molecule has 3 rings (SSSR count). The summed E-state index contributed by atoms with van der Waals surface area (Å²) in [5, 5.41) is 0. The fourth-order valence-corrected chi connectivity index (χ4v) is 3.38. The number of carbonyl (C=O) groups is 2. The van der Waals surface area contributed by atoms with Gasteiger partial charge in [-0.3, -0.25) is 9.59 Å². The predicted octanol–water partition coefficient (Wildman–Crippen LogP) is 2.98. The monoisotopic (exact) mass is 340 g/mol. The largest absolute Gasteiger partial charge is 0.459 e. The van der Waals surface area contributed by atoms with E-state index in [1.165, 1.54) is 16.7 Å². The van der Waals surface area contributed by atoms with Crippen molar-refractivity contribution in [1.29, 1.82) is 0 Å². The van der Waals surface area contributed by atoms with E-state index in [9.17, 15) is 9.59 Å². The molecule has 5 nitrogen and oxygen atoms in total. The first kappa shape index (κ1) is 17.3. The van der Waals surface area contributed by atoms with Gasteiger partial charge in [0.15, 0.2) is 5.76 Å². The van der Waals surface area contributed by atoms with E-state index in [2.05, 4.69) is 12.1 Å². The maximum Gasteiger partial charge on any atom is 0.289 e. The van der Waals surface area contributed by atoms with Gasteiger partial charge in [0.05, 0.1) is 12.8 Å². The quantitative estimate of drug-likeness (QED) is 0.841. The van der Waals surface area contributed by atoms with Crippen molar-refractivity contribution < 1.29 is 14.0 Å². The van der Waals surface area contributed by atoms with Gasteiger partial charge in [-0.15, -0.1) is 0 Å². The van der Waals surface area contributed by atoms with Gasteiger partial charge in [0.2, 0.25) is 5.91 Å². The number of carbonyl (C=O) groups excluding carboxylic acids is 2. The number of rotatable bonds is 5. The van der Waals surface area contributed by atoms with E-state index in [0.29, 0.717) is 0 Å². The van der Waals surface area contributed by atoms with Crippen molar-refractivity contribution in [3.63, 3.8) is 0 Å². The first-order valence-corrected chi connectivity index (χ1v) is 8.77. The lowest BCUT2D eigenvalue weighted by Gasteiger charge is -2.37. The topological polar surface area (TPSA) is 53.8 Å². The fourth-order valence-electron chi connectivity index (χ4n) is 3.38. The minimum absolute atomic E-state index is 0.00281. The van der Waals surface area contributed by atoms with Crippen molar-refractivity contribution >= 4 is 11.8 Å². The number of benzene rings is 1. The van der Waals surface area contributed by atoms with Gasteiger partial charge >= 0.3 is 0 Å². The molecule has 0 bridgehead atoms. The number of amides is 2. The van der Waals surface area contributed by atoms with Crippen molar-refractivity contribution in [3.05, 3.63) is 60.1 Å². The molecule has 1 aromatic carbocycles. The summed E-state index contributed by atoms with van der Waals surface area (Å²) in [6.07, 6.45) is 5.50. The highest BCUT2D eigenvalue weighted by atomic mass is 16.3. The lowest BCUT2D eigenvalue weighted by molar-refractivity contribution is -0.135. The molecule has 25 heavy (non-hydrogen) atoms. The van der Waals surface area contributed by atoms with Crippen LogP contribution in [-0.4, -0.2) is 47.8 Å².